The number of aromatic nitrogens is 1. The Labute approximate surface area is 140 Å². The average molecular weight is 344 g/mol. The van der Waals surface area contributed by atoms with Crippen LogP contribution in [0.4, 0.5) is 5.69 Å². The third-order valence-corrected chi connectivity index (χ3v) is 5.16. The Morgan fingerprint density at radius 1 is 1.17 bits per heavy atom. The van der Waals surface area contributed by atoms with Crippen molar-refractivity contribution in [3.63, 3.8) is 0 Å². The van der Waals surface area contributed by atoms with E-state index < -0.39 is 5.97 Å². The van der Waals surface area contributed by atoms with Gasteiger partial charge >= 0.3 is 5.97 Å². The number of hydrogen-bond donors (Lipinski definition) is 1. The number of methoxy groups -OCH3 is 1. The van der Waals surface area contributed by atoms with Gasteiger partial charge in [-0.25, -0.2) is 4.79 Å². The summed E-state index contributed by atoms with van der Waals surface area (Å²) in [4.78, 5) is 30.5. The lowest BCUT2D eigenvalue weighted by Gasteiger charge is -2.04. The van der Waals surface area contributed by atoms with Crippen LogP contribution in [-0.4, -0.2) is 24.0 Å². The fourth-order valence-electron chi connectivity index (χ4n) is 1.94. The number of anilines is 1. The number of nitrogens with zero attached hydrogens (tertiary/aromatic N) is 1. The summed E-state index contributed by atoms with van der Waals surface area (Å²) in [6.07, 6.45) is 2.87. The highest BCUT2D eigenvalue weighted by molar-refractivity contribution is 7.22. The first-order valence-corrected chi connectivity index (χ1v) is 8.35. The van der Waals surface area contributed by atoms with Crippen LogP contribution in [0.3, 0.4) is 0 Å². The number of amides is 1. The van der Waals surface area contributed by atoms with Gasteiger partial charge in [0.25, 0.3) is 5.91 Å². The summed E-state index contributed by atoms with van der Waals surface area (Å²) in [6.45, 7) is 0. The Balaban J connectivity index is 1.76. The molecule has 0 saturated heterocycles. The normalized spacial score (nSPS) is 10.3. The Bertz CT molecular complexity index is 841. The van der Waals surface area contributed by atoms with Crippen molar-refractivity contribution < 1.29 is 14.3 Å². The van der Waals surface area contributed by atoms with Gasteiger partial charge < -0.3 is 10.1 Å². The highest BCUT2D eigenvalue weighted by atomic mass is 32.1. The summed E-state index contributed by atoms with van der Waals surface area (Å²) in [7, 11) is 1.30. The van der Waals surface area contributed by atoms with E-state index in [1.54, 1.807) is 17.4 Å². The Morgan fingerprint density at radius 3 is 2.78 bits per heavy atom. The Kier molecular flexibility index (Phi) is 4.50. The summed E-state index contributed by atoms with van der Waals surface area (Å²) < 4.78 is 4.64. The van der Waals surface area contributed by atoms with Crippen LogP contribution < -0.4 is 5.32 Å². The minimum Gasteiger partial charge on any atom is -0.465 e. The predicted octanol–water partition coefficient (Wildman–Crippen LogP) is 3.91. The second-order valence-electron chi connectivity index (χ2n) is 4.55. The van der Waals surface area contributed by atoms with E-state index in [1.165, 1.54) is 36.9 Å². The van der Waals surface area contributed by atoms with Crippen LogP contribution in [0.2, 0.25) is 0 Å². The Hall–Kier alpha value is -2.51. The molecular weight excluding hydrogens is 332 g/mol. The largest absolute Gasteiger partial charge is 0.465 e. The molecule has 0 bridgehead atoms. The van der Waals surface area contributed by atoms with Crippen molar-refractivity contribution in [1.82, 2.24) is 4.98 Å². The molecule has 3 rings (SSSR count). The number of nitrogens with one attached hydrogen (secondary N) is 1. The fraction of sp³-hybridized carbons (Fsp3) is 0.0625. The molecule has 7 heteroatoms. The van der Waals surface area contributed by atoms with Crippen LogP contribution in [0.1, 0.15) is 20.0 Å². The SMILES string of the molecule is COC(=O)c1cncc(NC(=O)c2ccc(-c3cccs3)s2)c1. The summed E-state index contributed by atoms with van der Waals surface area (Å²) in [5, 5.41) is 4.74. The second kappa shape index (κ2) is 6.72. The van der Waals surface area contributed by atoms with E-state index >= 15 is 0 Å². The molecule has 5 nitrogen and oxygen atoms in total. The number of esters is 1. The van der Waals surface area contributed by atoms with Gasteiger partial charge in [0.2, 0.25) is 0 Å². The molecule has 0 saturated carbocycles. The molecule has 1 N–H and O–H groups in total. The van der Waals surface area contributed by atoms with Crippen LogP contribution in [0, 0.1) is 0 Å². The lowest BCUT2D eigenvalue weighted by atomic mass is 10.2. The van der Waals surface area contributed by atoms with Crippen LogP contribution in [-0.2, 0) is 4.74 Å². The molecule has 0 radical (unpaired) electrons. The standard InChI is InChI=1S/C16H12N2O3S2/c1-21-16(20)10-7-11(9-17-8-10)18-15(19)14-5-4-13(23-14)12-3-2-6-22-12/h2-9H,1H3,(H,18,19). The number of carbonyl (C=O) groups excluding carboxylic acids is 2. The van der Waals surface area contributed by atoms with Gasteiger partial charge in [-0.05, 0) is 29.6 Å². The fourth-order valence-corrected chi connectivity index (χ4v) is 3.68. The smallest absolute Gasteiger partial charge is 0.339 e. The Morgan fingerprint density at radius 2 is 2.04 bits per heavy atom. The number of rotatable bonds is 4. The first-order valence-electron chi connectivity index (χ1n) is 6.66. The van der Waals surface area contributed by atoms with E-state index in [0.29, 0.717) is 10.6 Å². The van der Waals surface area contributed by atoms with Gasteiger partial charge in [0, 0.05) is 16.0 Å². The highest BCUT2D eigenvalue weighted by Crippen LogP contribution is 2.31. The average Bonchev–Trinajstić information content (AvgIpc) is 3.25. The molecule has 1 amide bonds. The minimum atomic E-state index is -0.496. The van der Waals surface area contributed by atoms with E-state index in [2.05, 4.69) is 15.0 Å². The van der Waals surface area contributed by atoms with Gasteiger partial charge in [0.05, 0.1) is 29.4 Å². The van der Waals surface area contributed by atoms with Crippen LogP contribution in [0.5, 0.6) is 0 Å². The molecule has 0 aromatic carbocycles. The van der Waals surface area contributed by atoms with E-state index in [9.17, 15) is 9.59 Å². The van der Waals surface area contributed by atoms with Gasteiger partial charge in [0.1, 0.15) is 0 Å². The molecule has 0 aliphatic carbocycles. The molecule has 3 heterocycles. The first-order chi connectivity index (χ1) is 11.2. The summed E-state index contributed by atoms with van der Waals surface area (Å²) in [5.74, 6) is -0.730. The quantitative estimate of drug-likeness (QED) is 0.729. The highest BCUT2D eigenvalue weighted by Gasteiger charge is 2.13. The molecule has 0 aliphatic rings. The van der Waals surface area contributed by atoms with Gasteiger partial charge in [-0.3, -0.25) is 9.78 Å². The van der Waals surface area contributed by atoms with Gasteiger partial charge in [-0.15, -0.1) is 22.7 Å². The third-order valence-electron chi connectivity index (χ3n) is 3.01. The molecule has 0 unspecified atom stereocenters. The van der Waals surface area contributed by atoms with Gasteiger partial charge in [-0.2, -0.15) is 0 Å². The molecule has 0 aliphatic heterocycles. The van der Waals surface area contributed by atoms with Crippen LogP contribution >= 0.6 is 22.7 Å². The monoisotopic (exact) mass is 344 g/mol. The maximum Gasteiger partial charge on any atom is 0.339 e. The van der Waals surface area contributed by atoms with Crippen molar-refractivity contribution in [1.29, 1.82) is 0 Å². The van der Waals surface area contributed by atoms with Crippen molar-refractivity contribution in [3.05, 3.63) is 58.5 Å². The number of ether oxygens (including phenoxy) is 1. The van der Waals surface area contributed by atoms with E-state index in [1.807, 2.05) is 23.6 Å². The van der Waals surface area contributed by atoms with Crippen molar-refractivity contribution in [3.8, 4) is 9.75 Å². The number of pyridine rings is 1. The number of thiophene rings is 2. The van der Waals surface area contributed by atoms with Crippen molar-refractivity contribution in [2.24, 2.45) is 0 Å². The van der Waals surface area contributed by atoms with Crippen LogP contribution in [0.15, 0.2) is 48.1 Å². The molecule has 3 aromatic heterocycles. The van der Waals surface area contributed by atoms with E-state index in [4.69, 9.17) is 0 Å². The lowest BCUT2D eigenvalue weighted by molar-refractivity contribution is 0.0600. The van der Waals surface area contributed by atoms with Crippen molar-refractivity contribution in [2.45, 2.75) is 0 Å². The maximum atomic E-state index is 12.3. The van der Waals surface area contributed by atoms with Gasteiger partial charge in [-0.1, -0.05) is 6.07 Å². The minimum absolute atomic E-state index is 0.235. The number of carbonyl (C=O) groups is 2. The molecule has 116 valence electrons. The van der Waals surface area contributed by atoms with E-state index in [-0.39, 0.29) is 11.5 Å². The lowest BCUT2D eigenvalue weighted by Crippen LogP contribution is -2.11. The zero-order chi connectivity index (χ0) is 16.2. The predicted molar refractivity (Wildman–Crippen MR) is 91.2 cm³/mol. The zero-order valence-electron chi connectivity index (χ0n) is 12.1. The summed E-state index contributed by atoms with van der Waals surface area (Å²) in [6, 6.07) is 9.23. The summed E-state index contributed by atoms with van der Waals surface area (Å²) in [5.41, 5.74) is 0.736. The van der Waals surface area contributed by atoms with E-state index in [0.717, 1.165) is 9.75 Å². The van der Waals surface area contributed by atoms with Crippen molar-refractivity contribution >= 4 is 40.2 Å². The molecule has 0 atom stereocenters. The molecule has 23 heavy (non-hydrogen) atoms. The van der Waals surface area contributed by atoms with Gasteiger partial charge in [0.15, 0.2) is 0 Å². The molecular formula is C16H12N2O3S2. The molecule has 3 aromatic rings. The van der Waals surface area contributed by atoms with Crippen LogP contribution in [0.25, 0.3) is 9.75 Å². The third kappa shape index (κ3) is 3.46. The maximum absolute atomic E-state index is 12.3. The zero-order valence-corrected chi connectivity index (χ0v) is 13.7. The topological polar surface area (TPSA) is 68.3 Å². The van der Waals surface area contributed by atoms with Crippen molar-refractivity contribution in [2.75, 3.05) is 12.4 Å². The first kappa shape index (κ1) is 15.4. The molecule has 0 spiro atoms. The number of hydrogen-bond acceptors (Lipinski definition) is 6. The molecule has 0 fully saturated rings. The second-order valence-corrected chi connectivity index (χ2v) is 6.58. The summed E-state index contributed by atoms with van der Waals surface area (Å²) >= 11 is 3.05.